The van der Waals surface area contributed by atoms with E-state index in [1.165, 1.54) is 11.8 Å². The summed E-state index contributed by atoms with van der Waals surface area (Å²) < 4.78 is 6.39. The highest BCUT2D eigenvalue weighted by Crippen LogP contribution is 2.37. The molecule has 150 valence electrons. The molecule has 0 bridgehead atoms. The summed E-state index contributed by atoms with van der Waals surface area (Å²) in [6.45, 7) is 4.56. The van der Waals surface area contributed by atoms with Crippen LogP contribution in [0.5, 0.6) is 5.75 Å². The molecule has 1 amide bonds. The second-order valence-electron chi connectivity index (χ2n) is 7.15. The number of hydrogen-bond donors (Lipinski definition) is 0. The number of aryl methyl sites for hydroxylation is 2. The molecule has 0 unspecified atom stereocenters. The van der Waals surface area contributed by atoms with Crippen molar-refractivity contribution in [3.05, 3.63) is 100.0 Å². The largest absolute Gasteiger partial charge is 0.489 e. The molecule has 3 aromatic carbocycles. The first kappa shape index (κ1) is 20.4. The average Bonchev–Trinajstić information content (AvgIpc) is 3.01. The standard InChI is InChI=1S/C25H21NO2S2/c1-17-8-13-22(18(2)14-17)26-24(27)23(30-25(26)29)15-19-9-11-21(12-10-19)28-16-20-6-4-3-5-7-20/h3-15H,16H2,1-2H3/b23-15-. The topological polar surface area (TPSA) is 29.5 Å². The van der Waals surface area contributed by atoms with Crippen LogP contribution in [0.15, 0.2) is 77.7 Å². The van der Waals surface area contributed by atoms with Crippen molar-refractivity contribution in [2.45, 2.75) is 20.5 Å². The number of benzene rings is 3. The van der Waals surface area contributed by atoms with E-state index in [1.807, 2.05) is 86.7 Å². The molecule has 0 saturated carbocycles. The van der Waals surface area contributed by atoms with E-state index in [9.17, 15) is 4.79 Å². The fourth-order valence-corrected chi connectivity index (χ4v) is 4.57. The second-order valence-corrected chi connectivity index (χ2v) is 8.83. The first-order valence-corrected chi connectivity index (χ1v) is 10.9. The van der Waals surface area contributed by atoms with Crippen LogP contribution in [-0.2, 0) is 11.4 Å². The zero-order valence-electron chi connectivity index (χ0n) is 16.8. The van der Waals surface area contributed by atoms with Crippen LogP contribution in [0.2, 0.25) is 0 Å². The van der Waals surface area contributed by atoms with E-state index < -0.39 is 0 Å². The highest BCUT2D eigenvalue weighted by atomic mass is 32.2. The number of hydrogen-bond acceptors (Lipinski definition) is 4. The fourth-order valence-electron chi connectivity index (χ4n) is 3.28. The number of rotatable bonds is 5. The van der Waals surface area contributed by atoms with Gasteiger partial charge in [0.05, 0.1) is 10.6 Å². The molecule has 1 heterocycles. The molecule has 5 heteroatoms. The van der Waals surface area contributed by atoms with Gasteiger partial charge in [-0.2, -0.15) is 0 Å². The van der Waals surface area contributed by atoms with Crippen molar-refractivity contribution in [1.82, 2.24) is 0 Å². The Labute approximate surface area is 186 Å². The maximum absolute atomic E-state index is 13.0. The van der Waals surface area contributed by atoms with Gasteiger partial charge < -0.3 is 4.74 Å². The van der Waals surface area contributed by atoms with Gasteiger partial charge in [-0.15, -0.1) is 0 Å². The smallest absolute Gasteiger partial charge is 0.270 e. The number of amides is 1. The predicted octanol–water partition coefficient (Wildman–Crippen LogP) is 6.29. The van der Waals surface area contributed by atoms with E-state index in [-0.39, 0.29) is 5.91 Å². The zero-order valence-corrected chi connectivity index (χ0v) is 18.4. The molecule has 0 atom stereocenters. The zero-order chi connectivity index (χ0) is 21.1. The fraction of sp³-hybridized carbons (Fsp3) is 0.120. The molecule has 0 N–H and O–H groups in total. The first-order chi connectivity index (χ1) is 14.5. The van der Waals surface area contributed by atoms with Crippen molar-refractivity contribution in [3.63, 3.8) is 0 Å². The quantitative estimate of drug-likeness (QED) is 0.351. The Hall–Kier alpha value is -2.89. The Bertz CT molecular complexity index is 1120. The van der Waals surface area contributed by atoms with E-state index in [2.05, 4.69) is 6.07 Å². The van der Waals surface area contributed by atoms with Gasteiger partial charge in [0, 0.05) is 0 Å². The first-order valence-electron chi connectivity index (χ1n) is 9.63. The van der Waals surface area contributed by atoms with Gasteiger partial charge in [-0.05, 0) is 54.8 Å². The number of ether oxygens (including phenoxy) is 1. The van der Waals surface area contributed by atoms with E-state index in [0.29, 0.717) is 15.8 Å². The molecule has 1 aliphatic rings. The van der Waals surface area contributed by atoms with Crippen LogP contribution in [0.1, 0.15) is 22.3 Å². The number of carbonyl (C=O) groups is 1. The molecule has 0 spiro atoms. The Morgan fingerprint density at radius 1 is 1.00 bits per heavy atom. The third-order valence-electron chi connectivity index (χ3n) is 4.81. The SMILES string of the molecule is Cc1ccc(N2C(=O)/C(=C/c3ccc(OCc4ccccc4)cc3)SC2=S)c(C)c1. The van der Waals surface area contributed by atoms with E-state index in [1.54, 1.807) is 4.90 Å². The highest BCUT2D eigenvalue weighted by Gasteiger charge is 2.34. The van der Waals surface area contributed by atoms with E-state index >= 15 is 0 Å². The number of carbonyl (C=O) groups excluding carboxylic acids is 1. The molecule has 1 fully saturated rings. The molecular weight excluding hydrogens is 410 g/mol. The maximum Gasteiger partial charge on any atom is 0.270 e. The number of thiocarbonyl (C=S) groups is 1. The normalized spacial score (nSPS) is 15.1. The summed E-state index contributed by atoms with van der Waals surface area (Å²) in [5.41, 5.74) is 5.09. The molecule has 0 aliphatic carbocycles. The van der Waals surface area contributed by atoms with Gasteiger partial charge in [0.25, 0.3) is 5.91 Å². The molecule has 4 rings (SSSR count). The number of anilines is 1. The lowest BCUT2D eigenvalue weighted by atomic mass is 10.1. The summed E-state index contributed by atoms with van der Waals surface area (Å²) in [4.78, 5) is 15.3. The second kappa shape index (κ2) is 8.86. The van der Waals surface area contributed by atoms with Crippen LogP contribution in [0.4, 0.5) is 5.69 Å². The summed E-state index contributed by atoms with van der Waals surface area (Å²) >= 11 is 6.83. The highest BCUT2D eigenvalue weighted by molar-refractivity contribution is 8.27. The monoisotopic (exact) mass is 431 g/mol. The lowest BCUT2D eigenvalue weighted by Gasteiger charge is -2.17. The summed E-state index contributed by atoms with van der Waals surface area (Å²) in [6, 6.07) is 23.8. The van der Waals surface area contributed by atoms with Crippen LogP contribution in [-0.4, -0.2) is 10.2 Å². The summed E-state index contributed by atoms with van der Waals surface area (Å²) in [5, 5.41) is 0. The summed E-state index contributed by atoms with van der Waals surface area (Å²) in [7, 11) is 0. The van der Waals surface area contributed by atoms with Gasteiger partial charge in [0.15, 0.2) is 4.32 Å². The van der Waals surface area contributed by atoms with Crippen molar-refractivity contribution in [3.8, 4) is 5.75 Å². The van der Waals surface area contributed by atoms with E-state index in [4.69, 9.17) is 17.0 Å². The van der Waals surface area contributed by atoms with Crippen molar-refractivity contribution >= 4 is 46.0 Å². The minimum Gasteiger partial charge on any atom is -0.489 e. The number of thioether (sulfide) groups is 1. The van der Waals surface area contributed by atoms with Gasteiger partial charge in [0.2, 0.25) is 0 Å². The van der Waals surface area contributed by atoms with Crippen LogP contribution in [0.25, 0.3) is 6.08 Å². The summed E-state index contributed by atoms with van der Waals surface area (Å²) in [5.74, 6) is 0.709. The lowest BCUT2D eigenvalue weighted by Crippen LogP contribution is -2.28. The van der Waals surface area contributed by atoms with Crippen molar-refractivity contribution in [2.75, 3.05) is 4.90 Å². The Morgan fingerprint density at radius 3 is 2.43 bits per heavy atom. The Morgan fingerprint density at radius 2 is 1.73 bits per heavy atom. The lowest BCUT2D eigenvalue weighted by molar-refractivity contribution is -0.113. The predicted molar refractivity (Wildman–Crippen MR) is 129 cm³/mol. The third-order valence-corrected chi connectivity index (χ3v) is 6.12. The van der Waals surface area contributed by atoms with Gasteiger partial charge in [-0.3, -0.25) is 9.69 Å². The molecule has 1 saturated heterocycles. The van der Waals surface area contributed by atoms with Crippen LogP contribution in [0, 0.1) is 13.8 Å². The molecule has 3 aromatic rings. The Kier molecular flexibility index (Phi) is 6.02. The van der Waals surface area contributed by atoms with Crippen LogP contribution < -0.4 is 9.64 Å². The summed E-state index contributed by atoms with van der Waals surface area (Å²) in [6.07, 6.45) is 1.88. The van der Waals surface area contributed by atoms with Crippen molar-refractivity contribution in [2.24, 2.45) is 0 Å². The Balaban J connectivity index is 1.48. The van der Waals surface area contributed by atoms with Gasteiger partial charge in [0.1, 0.15) is 12.4 Å². The molecule has 30 heavy (non-hydrogen) atoms. The molecule has 3 nitrogen and oxygen atoms in total. The third kappa shape index (κ3) is 4.48. The van der Waals surface area contributed by atoms with Crippen LogP contribution >= 0.6 is 24.0 Å². The van der Waals surface area contributed by atoms with Crippen molar-refractivity contribution in [1.29, 1.82) is 0 Å². The number of nitrogens with zero attached hydrogens (tertiary/aromatic N) is 1. The maximum atomic E-state index is 13.0. The van der Waals surface area contributed by atoms with Gasteiger partial charge in [-0.1, -0.05) is 84.1 Å². The van der Waals surface area contributed by atoms with Crippen molar-refractivity contribution < 1.29 is 9.53 Å². The van der Waals surface area contributed by atoms with E-state index in [0.717, 1.165) is 33.7 Å². The molecular formula is C25H21NO2S2. The molecule has 0 aromatic heterocycles. The minimum atomic E-state index is -0.0821. The van der Waals surface area contributed by atoms with Crippen LogP contribution in [0.3, 0.4) is 0 Å². The van der Waals surface area contributed by atoms with Gasteiger partial charge >= 0.3 is 0 Å². The molecule has 1 aliphatic heterocycles. The molecule has 0 radical (unpaired) electrons. The average molecular weight is 432 g/mol. The van der Waals surface area contributed by atoms with Gasteiger partial charge in [-0.25, -0.2) is 0 Å². The minimum absolute atomic E-state index is 0.0821.